The van der Waals surface area contributed by atoms with E-state index in [9.17, 15) is 15.3 Å². The van der Waals surface area contributed by atoms with Crippen LogP contribution in [0, 0.1) is 0 Å². The number of hydrogen-bond donors (Lipinski definition) is 5. The molecule has 1 aliphatic rings. The minimum absolute atomic E-state index is 0.270. The minimum Gasteiger partial charge on any atom is -0.394 e. The van der Waals surface area contributed by atoms with Gasteiger partial charge in [-0.05, 0) is 0 Å². The zero-order valence-corrected chi connectivity index (χ0v) is 9.36. The monoisotopic (exact) mass is 261 g/mol. The first-order valence-electron chi connectivity index (χ1n) is 5.40. The molecule has 18 heavy (non-hydrogen) atoms. The van der Waals surface area contributed by atoms with Crippen LogP contribution in [-0.2, 0) is 11.3 Å². The molecule has 0 bridgehead atoms. The summed E-state index contributed by atoms with van der Waals surface area (Å²) in [7, 11) is 0. The van der Waals surface area contributed by atoms with Crippen molar-refractivity contribution in [3.8, 4) is 0 Å². The molecule has 2 heterocycles. The van der Waals surface area contributed by atoms with E-state index < -0.39 is 37.3 Å². The minimum atomic E-state index is -1.47. The Morgan fingerprint density at radius 1 is 1.17 bits per heavy atom. The van der Waals surface area contributed by atoms with Gasteiger partial charge in [0.25, 0.3) is 0 Å². The first kappa shape index (κ1) is 13.3. The van der Waals surface area contributed by atoms with E-state index in [0.717, 1.165) is 4.68 Å². The second-order valence-electron chi connectivity index (χ2n) is 4.07. The van der Waals surface area contributed by atoms with Gasteiger partial charge in [0, 0.05) is 0 Å². The molecule has 1 aromatic heterocycles. The van der Waals surface area contributed by atoms with Crippen LogP contribution in [0.3, 0.4) is 0 Å². The molecular formula is C9H15N3O6. The van der Waals surface area contributed by atoms with E-state index in [1.807, 2.05) is 0 Å². The van der Waals surface area contributed by atoms with Gasteiger partial charge < -0.3 is 30.3 Å². The lowest BCUT2D eigenvalue weighted by Crippen LogP contribution is -2.56. The fraction of sp³-hybridized carbons (Fsp3) is 0.778. The average molecular weight is 261 g/mol. The summed E-state index contributed by atoms with van der Waals surface area (Å²) in [6.45, 7) is -0.833. The molecular weight excluding hydrogens is 246 g/mol. The van der Waals surface area contributed by atoms with E-state index in [-0.39, 0.29) is 12.3 Å². The lowest BCUT2D eigenvalue weighted by atomic mass is 9.98. The van der Waals surface area contributed by atoms with Crippen molar-refractivity contribution in [1.82, 2.24) is 15.0 Å². The van der Waals surface area contributed by atoms with E-state index in [1.54, 1.807) is 0 Å². The number of ether oxygens (including phenoxy) is 1. The summed E-state index contributed by atoms with van der Waals surface area (Å²) in [5.74, 6) is 0. The first-order chi connectivity index (χ1) is 8.58. The molecule has 0 spiro atoms. The lowest BCUT2D eigenvalue weighted by molar-refractivity contribution is -0.254. The summed E-state index contributed by atoms with van der Waals surface area (Å²) >= 11 is 0. The zero-order valence-electron chi connectivity index (χ0n) is 9.36. The lowest BCUT2D eigenvalue weighted by Gasteiger charge is -2.39. The highest BCUT2D eigenvalue weighted by atomic mass is 16.6. The number of hydrogen-bond acceptors (Lipinski definition) is 8. The quantitative estimate of drug-likeness (QED) is 0.382. The van der Waals surface area contributed by atoms with Crippen molar-refractivity contribution in [1.29, 1.82) is 0 Å². The van der Waals surface area contributed by atoms with Gasteiger partial charge >= 0.3 is 0 Å². The number of aliphatic hydroxyl groups excluding tert-OH is 5. The Morgan fingerprint density at radius 3 is 2.44 bits per heavy atom. The molecule has 1 fully saturated rings. The number of nitrogens with zero attached hydrogens (tertiary/aromatic N) is 3. The molecule has 0 aliphatic carbocycles. The maximum absolute atomic E-state index is 9.79. The molecule has 2 rings (SSSR count). The smallest absolute Gasteiger partial charge is 0.180 e. The molecule has 0 saturated carbocycles. The van der Waals surface area contributed by atoms with Crippen molar-refractivity contribution < 1.29 is 30.3 Å². The van der Waals surface area contributed by atoms with Crippen molar-refractivity contribution in [2.24, 2.45) is 0 Å². The molecule has 1 aliphatic heterocycles. The largest absolute Gasteiger partial charge is 0.394 e. The van der Waals surface area contributed by atoms with Crippen molar-refractivity contribution in [3.63, 3.8) is 0 Å². The van der Waals surface area contributed by atoms with Gasteiger partial charge in [0.2, 0.25) is 0 Å². The Kier molecular flexibility index (Phi) is 3.90. The van der Waals surface area contributed by atoms with Crippen LogP contribution >= 0.6 is 0 Å². The summed E-state index contributed by atoms with van der Waals surface area (Å²) in [6.07, 6.45) is -5.06. The van der Waals surface area contributed by atoms with E-state index in [0.29, 0.717) is 0 Å². The van der Waals surface area contributed by atoms with Crippen LogP contribution in [0.1, 0.15) is 11.9 Å². The van der Waals surface area contributed by atoms with E-state index in [4.69, 9.17) is 14.9 Å². The number of rotatable bonds is 3. The Bertz CT molecular complexity index is 397. The summed E-state index contributed by atoms with van der Waals surface area (Å²) in [6, 6.07) is 0. The number of aliphatic hydroxyl groups is 5. The maximum atomic E-state index is 9.79. The van der Waals surface area contributed by atoms with Crippen LogP contribution in [0.5, 0.6) is 0 Å². The third-order valence-electron chi connectivity index (χ3n) is 2.85. The molecule has 0 amide bonds. The summed E-state index contributed by atoms with van der Waals surface area (Å²) in [4.78, 5) is 0. The molecule has 5 atom stereocenters. The third kappa shape index (κ3) is 2.23. The molecule has 9 heteroatoms. The Labute approximate surface area is 102 Å². The fourth-order valence-corrected chi connectivity index (χ4v) is 1.81. The molecule has 0 aromatic carbocycles. The highest BCUT2D eigenvalue weighted by Crippen LogP contribution is 2.27. The highest BCUT2D eigenvalue weighted by molar-refractivity contribution is 4.95. The van der Waals surface area contributed by atoms with Crippen LogP contribution in [0.15, 0.2) is 6.20 Å². The third-order valence-corrected chi connectivity index (χ3v) is 2.85. The molecule has 0 radical (unpaired) electrons. The van der Waals surface area contributed by atoms with Gasteiger partial charge in [0.1, 0.15) is 30.1 Å². The molecule has 1 saturated heterocycles. The van der Waals surface area contributed by atoms with Crippen molar-refractivity contribution in [2.75, 3.05) is 6.61 Å². The predicted molar refractivity (Wildman–Crippen MR) is 55.0 cm³/mol. The van der Waals surface area contributed by atoms with Gasteiger partial charge in [0.05, 0.1) is 19.4 Å². The van der Waals surface area contributed by atoms with Crippen LogP contribution in [-0.4, -0.2) is 71.5 Å². The predicted octanol–water partition coefficient (Wildman–Crippen LogP) is -3.26. The molecule has 5 N–H and O–H groups in total. The Balaban J connectivity index is 2.21. The maximum Gasteiger partial charge on any atom is 0.180 e. The number of aromatic nitrogens is 3. The van der Waals surface area contributed by atoms with Gasteiger partial charge in [-0.25, -0.2) is 4.68 Å². The van der Waals surface area contributed by atoms with Crippen LogP contribution in [0.25, 0.3) is 0 Å². The SMILES string of the molecule is OCc1cn([C@H]2O[C@H](CO)[C@@H](O)[C@H](O)[C@@H]2O)nn1. The standard InChI is InChI=1S/C9H15N3O6/c13-2-4-1-12(11-10-4)9-8(17)7(16)6(15)5(3-14)18-9/h1,5-9,13-17H,2-3H2/t5-,6-,7+,8+,9+/m1/s1. The summed E-state index contributed by atoms with van der Waals surface area (Å²) in [5, 5.41) is 54.1. The van der Waals surface area contributed by atoms with Gasteiger partial charge in [-0.2, -0.15) is 0 Å². The second kappa shape index (κ2) is 5.26. The van der Waals surface area contributed by atoms with E-state index in [1.165, 1.54) is 6.20 Å². The molecule has 9 nitrogen and oxygen atoms in total. The van der Waals surface area contributed by atoms with Crippen LogP contribution in [0.2, 0.25) is 0 Å². The topological polar surface area (TPSA) is 141 Å². The molecule has 102 valence electrons. The van der Waals surface area contributed by atoms with Gasteiger partial charge in [-0.15, -0.1) is 5.10 Å². The van der Waals surface area contributed by atoms with Gasteiger partial charge in [0.15, 0.2) is 6.23 Å². The van der Waals surface area contributed by atoms with Gasteiger partial charge in [-0.3, -0.25) is 0 Å². The fourth-order valence-electron chi connectivity index (χ4n) is 1.81. The van der Waals surface area contributed by atoms with Gasteiger partial charge in [-0.1, -0.05) is 5.21 Å². The zero-order chi connectivity index (χ0) is 13.3. The van der Waals surface area contributed by atoms with Crippen LogP contribution < -0.4 is 0 Å². The second-order valence-corrected chi connectivity index (χ2v) is 4.07. The van der Waals surface area contributed by atoms with Crippen molar-refractivity contribution in [2.45, 2.75) is 37.3 Å². The average Bonchev–Trinajstić information content (AvgIpc) is 2.85. The highest BCUT2D eigenvalue weighted by Gasteiger charge is 2.44. The Hall–Kier alpha value is -1.10. The van der Waals surface area contributed by atoms with E-state index >= 15 is 0 Å². The van der Waals surface area contributed by atoms with Crippen LogP contribution in [0.4, 0.5) is 0 Å². The van der Waals surface area contributed by atoms with Crippen molar-refractivity contribution >= 4 is 0 Å². The van der Waals surface area contributed by atoms with Crippen molar-refractivity contribution in [3.05, 3.63) is 11.9 Å². The summed E-state index contributed by atoms with van der Waals surface area (Å²) < 4.78 is 6.36. The Morgan fingerprint density at radius 2 is 1.89 bits per heavy atom. The van der Waals surface area contributed by atoms with E-state index in [2.05, 4.69) is 10.3 Å². The first-order valence-corrected chi connectivity index (χ1v) is 5.40. The molecule has 0 unspecified atom stereocenters. The molecule has 1 aromatic rings. The normalized spacial score (nSPS) is 36.8. The summed E-state index contributed by atoms with van der Waals surface area (Å²) in [5.41, 5.74) is 0.270.